The van der Waals surface area contributed by atoms with E-state index in [4.69, 9.17) is 10.7 Å². The zero-order valence-electron chi connectivity index (χ0n) is 9.84. The van der Waals surface area contributed by atoms with Crippen LogP contribution in [0.2, 0.25) is 0 Å². The van der Waals surface area contributed by atoms with Crippen molar-refractivity contribution in [2.24, 2.45) is 11.1 Å². The Bertz CT molecular complexity index is 349. The third-order valence-electron chi connectivity index (χ3n) is 2.72. The lowest BCUT2D eigenvalue weighted by molar-refractivity contribution is 0.410. The number of thiazole rings is 1. The van der Waals surface area contributed by atoms with E-state index in [1.165, 1.54) is 22.0 Å². The summed E-state index contributed by atoms with van der Waals surface area (Å²) in [6.07, 6.45) is 4.53. The van der Waals surface area contributed by atoms with Crippen LogP contribution in [-0.2, 0) is 12.8 Å². The summed E-state index contributed by atoms with van der Waals surface area (Å²) in [6, 6.07) is 0.250. The van der Waals surface area contributed by atoms with Crippen LogP contribution in [0.5, 0.6) is 0 Å². The highest BCUT2D eigenvalue weighted by Crippen LogP contribution is 2.34. The standard InChI is InChI=1S/C12H20N2S/c1-12(2,3)7-10-14-9-6-4-5-8(13)11(9)15-10/h8H,4-7,13H2,1-3H3. The quantitative estimate of drug-likeness (QED) is 0.796. The van der Waals surface area contributed by atoms with Crippen LogP contribution in [-0.4, -0.2) is 4.98 Å². The Labute approximate surface area is 95.9 Å². The number of rotatable bonds is 1. The van der Waals surface area contributed by atoms with Crippen molar-refractivity contribution in [2.75, 3.05) is 0 Å². The van der Waals surface area contributed by atoms with Crippen LogP contribution in [0.15, 0.2) is 0 Å². The van der Waals surface area contributed by atoms with Gasteiger partial charge in [0.1, 0.15) is 0 Å². The summed E-state index contributed by atoms with van der Waals surface area (Å²) >= 11 is 1.83. The normalized spacial score (nSPS) is 21.5. The average molecular weight is 224 g/mol. The molecule has 84 valence electrons. The van der Waals surface area contributed by atoms with Gasteiger partial charge in [-0.3, -0.25) is 0 Å². The third kappa shape index (κ3) is 2.58. The van der Waals surface area contributed by atoms with E-state index in [-0.39, 0.29) is 6.04 Å². The van der Waals surface area contributed by atoms with E-state index in [9.17, 15) is 0 Å². The number of fused-ring (bicyclic) bond motifs is 1. The van der Waals surface area contributed by atoms with Gasteiger partial charge in [0.05, 0.1) is 10.7 Å². The SMILES string of the molecule is CC(C)(C)Cc1nc2c(s1)C(N)CCC2. The second kappa shape index (κ2) is 3.87. The molecule has 0 amide bonds. The molecule has 1 atom stereocenters. The first-order chi connectivity index (χ1) is 6.96. The Morgan fingerprint density at radius 3 is 2.80 bits per heavy atom. The van der Waals surface area contributed by atoms with Gasteiger partial charge in [-0.25, -0.2) is 4.98 Å². The fourth-order valence-electron chi connectivity index (χ4n) is 2.03. The van der Waals surface area contributed by atoms with Gasteiger partial charge in [0.15, 0.2) is 0 Å². The van der Waals surface area contributed by atoms with Gasteiger partial charge >= 0.3 is 0 Å². The number of aromatic nitrogens is 1. The number of nitrogens with zero attached hydrogens (tertiary/aromatic N) is 1. The highest BCUT2D eigenvalue weighted by Gasteiger charge is 2.23. The van der Waals surface area contributed by atoms with Gasteiger partial charge in [-0.15, -0.1) is 11.3 Å². The molecule has 2 nitrogen and oxygen atoms in total. The predicted molar refractivity (Wildman–Crippen MR) is 65.1 cm³/mol. The van der Waals surface area contributed by atoms with Gasteiger partial charge in [-0.05, 0) is 24.7 Å². The van der Waals surface area contributed by atoms with Crippen molar-refractivity contribution in [3.8, 4) is 0 Å². The van der Waals surface area contributed by atoms with Gasteiger partial charge in [-0.2, -0.15) is 0 Å². The monoisotopic (exact) mass is 224 g/mol. The minimum Gasteiger partial charge on any atom is -0.323 e. The molecule has 1 heterocycles. The van der Waals surface area contributed by atoms with Gasteiger partial charge in [0, 0.05) is 17.3 Å². The van der Waals surface area contributed by atoms with Crippen LogP contribution < -0.4 is 5.73 Å². The molecule has 0 bridgehead atoms. The van der Waals surface area contributed by atoms with Crippen molar-refractivity contribution in [1.82, 2.24) is 4.98 Å². The topological polar surface area (TPSA) is 38.9 Å². The summed E-state index contributed by atoms with van der Waals surface area (Å²) in [5.74, 6) is 0. The molecule has 2 rings (SSSR count). The molecule has 0 saturated heterocycles. The molecule has 0 radical (unpaired) electrons. The lowest BCUT2D eigenvalue weighted by Gasteiger charge is -2.16. The average Bonchev–Trinajstić information content (AvgIpc) is 2.45. The van der Waals surface area contributed by atoms with Gasteiger partial charge in [0.2, 0.25) is 0 Å². The molecule has 0 aromatic carbocycles. The molecular formula is C12H20N2S. The first kappa shape index (κ1) is 11.1. The third-order valence-corrected chi connectivity index (χ3v) is 3.95. The highest BCUT2D eigenvalue weighted by molar-refractivity contribution is 7.11. The Hall–Kier alpha value is -0.410. The van der Waals surface area contributed by atoms with E-state index in [1.807, 2.05) is 11.3 Å². The fourth-order valence-corrected chi connectivity index (χ4v) is 3.48. The maximum atomic E-state index is 6.09. The molecule has 0 spiro atoms. The Morgan fingerprint density at radius 1 is 1.47 bits per heavy atom. The molecular weight excluding hydrogens is 204 g/mol. The number of hydrogen-bond acceptors (Lipinski definition) is 3. The van der Waals surface area contributed by atoms with Crippen molar-refractivity contribution in [3.05, 3.63) is 15.6 Å². The largest absolute Gasteiger partial charge is 0.323 e. The summed E-state index contributed by atoms with van der Waals surface area (Å²) in [7, 11) is 0. The van der Waals surface area contributed by atoms with Gasteiger partial charge in [-0.1, -0.05) is 20.8 Å². The molecule has 0 fully saturated rings. The Morgan fingerprint density at radius 2 is 2.20 bits per heavy atom. The van der Waals surface area contributed by atoms with E-state index >= 15 is 0 Å². The molecule has 0 aliphatic heterocycles. The minimum atomic E-state index is 0.250. The summed E-state index contributed by atoms with van der Waals surface area (Å²) < 4.78 is 0. The van der Waals surface area contributed by atoms with Crippen molar-refractivity contribution in [2.45, 2.75) is 52.5 Å². The van der Waals surface area contributed by atoms with Crippen LogP contribution in [0.3, 0.4) is 0 Å². The minimum absolute atomic E-state index is 0.250. The molecule has 1 aromatic heterocycles. The summed E-state index contributed by atoms with van der Waals surface area (Å²) in [5, 5.41) is 1.27. The van der Waals surface area contributed by atoms with E-state index in [0.717, 1.165) is 19.3 Å². The molecule has 1 aliphatic rings. The second-order valence-corrected chi connectivity index (χ2v) is 6.77. The van der Waals surface area contributed by atoms with E-state index in [2.05, 4.69) is 20.8 Å². The molecule has 1 aliphatic carbocycles. The maximum Gasteiger partial charge on any atom is 0.0936 e. The Kier molecular flexibility index (Phi) is 2.86. The van der Waals surface area contributed by atoms with Crippen LogP contribution in [0.25, 0.3) is 0 Å². The summed E-state index contributed by atoms with van der Waals surface area (Å²) in [6.45, 7) is 6.77. The van der Waals surface area contributed by atoms with Gasteiger partial charge < -0.3 is 5.73 Å². The van der Waals surface area contributed by atoms with Gasteiger partial charge in [0.25, 0.3) is 0 Å². The molecule has 0 saturated carbocycles. The molecule has 1 unspecified atom stereocenters. The first-order valence-corrected chi connectivity index (χ1v) is 6.51. The van der Waals surface area contributed by atoms with Crippen LogP contribution in [0.1, 0.15) is 55.2 Å². The zero-order valence-corrected chi connectivity index (χ0v) is 10.7. The first-order valence-electron chi connectivity index (χ1n) is 5.70. The highest BCUT2D eigenvalue weighted by atomic mass is 32.1. The summed E-state index contributed by atoms with van der Waals surface area (Å²) in [4.78, 5) is 6.07. The number of hydrogen-bond donors (Lipinski definition) is 1. The smallest absolute Gasteiger partial charge is 0.0936 e. The molecule has 15 heavy (non-hydrogen) atoms. The van der Waals surface area contributed by atoms with Crippen LogP contribution in [0.4, 0.5) is 0 Å². The van der Waals surface area contributed by atoms with Crippen LogP contribution in [0, 0.1) is 5.41 Å². The van der Waals surface area contributed by atoms with Crippen molar-refractivity contribution >= 4 is 11.3 Å². The molecule has 3 heteroatoms. The lowest BCUT2D eigenvalue weighted by Crippen LogP contribution is -2.15. The van der Waals surface area contributed by atoms with Crippen molar-refractivity contribution in [3.63, 3.8) is 0 Å². The zero-order chi connectivity index (χ0) is 11.1. The number of nitrogens with two attached hydrogens (primary N) is 1. The summed E-state index contributed by atoms with van der Waals surface area (Å²) in [5.41, 5.74) is 7.69. The van der Waals surface area contributed by atoms with Crippen molar-refractivity contribution < 1.29 is 0 Å². The van der Waals surface area contributed by atoms with Crippen LogP contribution >= 0.6 is 11.3 Å². The fraction of sp³-hybridized carbons (Fsp3) is 0.750. The van der Waals surface area contributed by atoms with E-state index in [0.29, 0.717) is 5.41 Å². The second-order valence-electron chi connectivity index (χ2n) is 5.65. The van der Waals surface area contributed by atoms with Crippen molar-refractivity contribution in [1.29, 1.82) is 0 Å². The lowest BCUT2D eigenvalue weighted by atomic mass is 9.93. The molecule has 1 aromatic rings. The van der Waals surface area contributed by atoms with E-state index < -0.39 is 0 Å². The van der Waals surface area contributed by atoms with E-state index in [1.54, 1.807) is 0 Å². The Balaban J connectivity index is 2.22. The molecule has 2 N–H and O–H groups in total. The number of aryl methyl sites for hydroxylation is 1. The maximum absolute atomic E-state index is 6.09. The predicted octanol–water partition coefficient (Wildman–Crippen LogP) is 3.07.